The standard InChI is InChI=1S/C37H37F5N2O4/c1-35(23-27-5-12-30(43)13-6-27,24-28-7-14-31(44)15-8-28)25-47-34(45)20-9-26-3-10-29(11-4-26)37(41,42)48-33-18-16-32(17-19-33)46-22-2-21-36(38,39)40/h3-20H,2,21-25,43-44H2,1H3/b20-9+. The third-order valence-corrected chi connectivity index (χ3v) is 7.39. The van der Waals surface area contributed by atoms with Crippen molar-refractivity contribution in [3.8, 4) is 11.5 Å². The molecule has 4 rings (SSSR count). The van der Waals surface area contributed by atoms with Gasteiger partial charge >= 0.3 is 18.3 Å². The largest absolute Gasteiger partial charge is 0.494 e. The summed E-state index contributed by atoms with van der Waals surface area (Å²) in [5, 5.41) is 0. The van der Waals surface area contributed by atoms with Gasteiger partial charge in [0.15, 0.2) is 0 Å². The number of hydrogen-bond donors (Lipinski definition) is 2. The summed E-state index contributed by atoms with van der Waals surface area (Å²) in [5.41, 5.74) is 14.7. The summed E-state index contributed by atoms with van der Waals surface area (Å²) in [6, 6.07) is 25.4. The number of rotatable bonds is 15. The van der Waals surface area contributed by atoms with Crippen LogP contribution in [0.25, 0.3) is 6.08 Å². The summed E-state index contributed by atoms with van der Waals surface area (Å²) in [4.78, 5) is 12.7. The Bertz CT molecular complexity index is 1590. The van der Waals surface area contributed by atoms with Crippen molar-refractivity contribution < 1.29 is 41.0 Å². The molecule has 0 saturated carbocycles. The van der Waals surface area contributed by atoms with E-state index in [-0.39, 0.29) is 31.1 Å². The molecular weight excluding hydrogens is 631 g/mol. The molecule has 0 aromatic heterocycles. The number of hydrogen-bond acceptors (Lipinski definition) is 6. The maximum absolute atomic E-state index is 14.8. The van der Waals surface area contributed by atoms with E-state index in [1.165, 1.54) is 60.7 Å². The Labute approximate surface area is 276 Å². The lowest BCUT2D eigenvalue weighted by Gasteiger charge is -2.29. The highest BCUT2D eigenvalue weighted by Crippen LogP contribution is 2.33. The lowest BCUT2D eigenvalue weighted by molar-refractivity contribution is -0.185. The third kappa shape index (κ3) is 11.6. The fourth-order valence-electron chi connectivity index (χ4n) is 4.94. The van der Waals surface area contributed by atoms with E-state index in [2.05, 4.69) is 0 Å². The van der Waals surface area contributed by atoms with E-state index in [4.69, 9.17) is 25.7 Å². The van der Waals surface area contributed by atoms with Crippen LogP contribution in [0.4, 0.5) is 33.3 Å². The van der Waals surface area contributed by atoms with Crippen molar-refractivity contribution in [2.24, 2.45) is 5.41 Å². The Morgan fingerprint density at radius 1 is 0.729 bits per heavy atom. The molecule has 254 valence electrons. The molecule has 0 aliphatic carbocycles. The van der Waals surface area contributed by atoms with Crippen LogP contribution in [0.1, 0.15) is 42.0 Å². The molecule has 0 aliphatic heterocycles. The number of ether oxygens (including phenoxy) is 3. The number of alkyl halides is 5. The minimum Gasteiger partial charge on any atom is -0.494 e. The van der Waals surface area contributed by atoms with Gasteiger partial charge in [0.2, 0.25) is 0 Å². The van der Waals surface area contributed by atoms with Crippen molar-refractivity contribution in [3.63, 3.8) is 0 Å². The van der Waals surface area contributed by atoms with E-state index in [0.717, 1.165) is 11.1 Å². The average molecular weight is 669 g/mol. The number of carbonyl (C=O) groups is 1. The molecule has 0 unspecified atom stereocenters. The molecular formula is C37H37F5N2O4. The lowest BCUT2D eigenvalue weighted by atomic mass is 9.79. The smallest absolute Gasteiger partial charge is 0.426 e. The number of halogens is 5. The second kappa shape index (κ2) is 15.7. The first-order valence-electron chi connectivity index (χ1n) is 15.2. The van der Waals surface area contributed by atoms with Crippen LogP contribution in [-0.2, 0) is 28.5 Å². The highest BCUT2D eigenvalue weighted by atomic mass is 19.4. The summed E-state index contributed by atoms with van der Waals surface area (Å²) in [6.45, 7) is 1.99. The molecule has 4 N–H and O–H groups in total. The Morgan fingerprint density at radius 2 is 1.25 bits per heavy atom. The number of nitrogens with two attached hydrogens (primary N) is 2. The number of esters is 1. The Balaban J connectivity index is 1.31. The van der Waals surface area contributed by atoms with E-state index >= 15 is 0 Å². The normalized spacial score (nSPS) is 12.2. The van der Waals surface area contributed by atoms with Crippen LogP contribution < -0.4 is 20.9 Å². The SMILES string of the molecule is CC(COC(=O)/C=C/c1ccc(C(F)(F)Oc2ccc(OCCCC(F)(F)F)cc2)cc1)(Cc1ccc(N)cc1)Cc1ccc(N)cc1. The summed E-state index contributed by atoms with van der Waals surface area (Å²) < 4.78 is 82.2. The molecule has 0 bridgehead atoms. The van der Waals surface area contributed by atoms with Gasteiger partial charge < -0.3 is 25.7 Å². The van der Waals surface area contributed by atoms with Crippen LogP contribution in [0.3, 0.4) is 0 Å². The fourth-order valence-corrected chi connectivity index (χ4v) is 4.94. The second-order valence-electron chi connectivity index (χ2n) is 11.9. The van der Waals surface area contributed by atoms with Crippen molar-refractivity contribution in [1.29, 1.82) is 0 Å². The van der Waals surface area contributed by atoms with Gasteiger partial charge in [-0.3, -0.25) is 0 Å². The van der Waals surface area contributed by atoms with Crippen molar-refractivity contribution >= 4 is 23.4 Å². The predicted molar refractivity (Wildman–Crippen MR) is 175 cm³/mol. The highest BCUT2D eigenvalue weighted by molar-refractivity contribution is 5.87. The first-order valence-corrected chi connectivity index (χ1v) is 15.2. The minimum absolute atomic E-state index is 0.124. The summed E-state index contributed by atoms with van der Waals surface area (Å²) >= 11 is 0. The molecule has 0 atom stereocenters. The van der Waals surface area contributed by atoms with E-state index in [9.17, 15) is 26.7 Å². The van der Waals surface area contributed by atoms with Crippen molar-refractivity contribution in [1.82, 2.24) is 0 Å². The van der Waals surface area contributed by atoms with Crippen LogP contribution >= 0.6 is 0 Å². The molecule has 11 heteroatoms. The topological polar surface area (TPSA) is 96.8 Å². The summed E-state index contributed by atoms with van der Waals surface area (Å²) in [5.74, 6) is -0.508. The van der Waals surface area contributed by atoms with E-state index in [1.807, 2.05) is 55.5 Å². The van der Waals surface area contributed by atoms with Crippen molar-refractivity contribution in [3.05, 3.63) is 125 Å². The molecule has 0 radical (unpaired) electrons. The number of carbonyl (C=O) groups excluding carboxylic acids is 1. The zero-order valence-corrected chi connectivity index (χ0v) is 26.3. The van der Waals surface area contributed by atoms with Gasteiger partial charge in [0.1, 0.15) is 11.5 Å². The summed E-state index contributed by atoms with van der Waals surface area (Å²) in [6.07, 6.45) is -5.20. The third-order valence-electron chi connectivity index (χ3n) is 7.39. The molecule has 4 aromatic rings. The second-order valence-corrected chi connectivity index (χ2v) is 11.9. The maximum atomic E-state index is 14.8. The predicted octanol–water partition coefficient (Wildman–Crippen LogP) is 8.75. The van der Waals surface area contributed by atoms with Gasteiger partial charge in [-0.1, -0.05) is 43.3 Å². The Morgan fingerprint density at radius 3 is 1.77 bits per heavy atom. The van der Waals surface area contributed by atoms with Crippen molar-refractivity contribution in [2.45, 2.75) is 44.9 Å². The van der Waals surface area contributed by atoms with Gasteiger partial charge in [0.25, 0.3) is 0 Å². The molecule has 4 aromatic carbocycles. The Kier molecular flexibility index (Phi) is 11.7. The van der Waals surface area contributed by atoms with Gasteiger partial charge in [-0.25, -0.2) is 4.79 Å². The van der Waals surface area contributed by atoms with Crippen LogP contribution in [0.2, 0.25) is 0 Å². The van der Waals surface area contributed by atoms with Gasteiger partial charge in [-0.05, 0) is 103 Å². The van der Waals surface area contributed by atoms with Gasteiger partial charge in [-0.2, -0.15) is 22.0 Å². The Hall–Kier alpha value is -5.06. The van der Waals surface area contributed by atoms with Gasteiger partial charge in [-0.15, -0.1) is 0 Å². The number of benzene rings is 4. The molecule has 0 saturated heterocycles. The molecule has 0 amide bonds. The monoisotopic (exact) mass is 668 g/mol. The van der Waals surface area contributed by atoms with Crippen LogP contribution in [0.15, 0.2) is 103 Å². The fraction of sp³-hybridized carbons (Fsp3) is 0.270. The zero-order chi connectivity index (χ0) is 34.8. The van der Waals surface area contributed by atoms with Crippen LogP contribution in [0.5, 0.6) is 11.5 Å². The molecule has 0 aliphatic rings. The number of anilines is 2. The first kappa shape index (κ1) is 35.8. The van der Waals surface area contributed by atoms with Gasteiger partial charge in [0.05, 0.1) is 18.8 Å². The number of nitrogen functional groups attached to an aromatic ring is 2. The molecule has 0 spiro atoms. The average Bonchev–Trinajstić information content (AvgIpc) is 3.04. The van der Waals surface area contributed by atoms with E-state index in [1.54, 1.807) is 0 Å². The molecule has 48 heavy (non-hydrogen) atoms. The zero-order valence-electron chi connectivity index (χ0n) is 26.3. The molecule has 0 heterocycles. The lowest BCUT2D eigenvalue weighted by Crippen LogP contribution is -2.30. The van der Waals surface area contributed by atoms with Crippen molar-refractivity contribution in [2.75, 3.05) is 24.7 Å². The highest BCUT2D eigenvalue weighted by Gasteiger charge is 2.34. The minimum atomic E-state index is -4.27. The quantitative estimate of drug-likeness (QED) is 0.0433. The van der Waals surface area contributed by atoms with E-state index in [0.29, 0.717) is 29.8 Å². The maximum Gasteiger partial charge on any atom is 0.426 e. The van der Waals surface area contributed by atoms with Crippen LogP contribution in [0, 0.1) is 5.41 Å². The summed E-state index contributed by atoms with van der Waals surface area (Å²) in [7, 11) is 0. The first-order chi connectivity index (χ1) is 22.7. The molecule has 0 fully saturated rings. The van der Waals surface area contributed by atoms with E-state index < -0.39 is 35.7 Å². The molecule has 6 nitrogen and oxygen atoms in total. The van der Waals surface area contributed by atoms with Crippen LogP contribution in [-0.4, -0.2) is 25.4 Å². The van der Waals surface area contributed by atoms with Gasteiger partial charge in [0, 0.05) is 29.3 Å².